The number of methoxy groups -OCH3 is 3. The van der Waals surface area contributed by atoms with Gasteiger partial charge in [0, 0.05) is 0 Å². The standard InChI is InChI=1S/C15H20N2O4/c1-5-16-9-13-17-8-12(21-13)10-6-7-11(18-2)15(20-4)14(10)19-3/h6-8,16H,5,9H2,1-4H3. The van der Waals surface area contributed by atoms with Crippen molar-refractivity contribution in [2.24, 2.45) is 0 Å². The lowest BCUT2D eigenvalue weighted by molar-refractivity contribution is 0.324. The van der Waals surface area contributed by atoms with Crippen molar-refractivity contribution >= 4 is 0 Å². The van der Waals surface area contributed by atoms with Gasteiger partial charge in [-0.15, -0.1) is 0 Å². The Morgan fingerprint density at radius 2 is 1.86 bits per heavy atom. The molecule has 0 aliphatic carbocycles. The number of rotatable bonds is 7. The van der Waals surface area contributed by atoms with Crippen molar-refractivity contribution < 1.29 is 18.6 Å². The van der Waals surface area contributed by atoms with Crippen LogP contribution in [0.2, 0.25) is 0 Å². The highest BCUT2D eigenvalue weighted by molar-refractivity contribution is 5.72. The van der Waals surface area contributed by atoms with E-state index in [9.17, 15) is 0 Å². The highest BCUT2D eigenvalue weighted by atomic mass is 16.5. The van der Waals surface area contributed by atoms with E-state index in [1.807, 2.05) is 19.1 Å². The Morgan fingerprint density at radius 3 is 2.48 bits per heavy atom. The number of oxazole rings is 1. The van der Waals surface area contributed by atoms with Gasteiger partial charge in [0.05, 0.1) is 39.6 Å². The van der Waals surface area contributed by atoms with Crippen LogP contribution in [-0.4, -0.2) is 32.9 Å². The van der Waals surface area contributed by atoms with Crippen LogP contribution in [0.1, 0.15) is 12.8 Å². The monoisotopic (exact) mass is 292 g/mol. The predicted molar refractivity (Wildman–Crippen MR) is 79.0 cm³/mol. The van der Waals surface area contributed by atoms with E-state index < -0.39 is 0 Å². The van der Waals surface area contributed by atoms with Crippen LogP contribution in [-0.2, 0) is 6.54 Å². The van der Waals surface area contributed by atoms with Crippen molar-refractivity contribution in [1.82, 2.24) is 10.3 Å². The van der Waals surface area contributed by atoms with E-state index in [1.165, 1.54) is 0 Å². The van der Waals surface area contributed by atoms with Crippen LogP contribution in [0.3, 0.4) is 0 Å². The number of hydrogen-bond donors (Lipinski definition) is 1. The zero-order valence-electron chi connectivity index (χ0n) is 12.7. The van der Waals surface area contributed by atoms with E-state index in [4.69, 9.17) is 18.6 Å². The van der Waals surface area contributed by atoms with Gasteiger partial charge in [0.15, 0.2) is 17.3 Å². The summed E-state index contributed by atoms with van der Waals surface area (Å²) in [5.41, 5.74) is 0.769. The normalized spacial score (nSPS) is 10.5. The molecule has 0 aliphatic rings. The number of nitrogens with one attached hydrogen (secondary N) is 1. The quantitative estimate of drug-likeness (QED) is 0.845. The van der Waals surface area contributed by atoms with Crippen molar-refractivity contribution in [3.05, 3.63) is 24.2 Å². The molecule has 0 fully saturated rings. The molecule has 2 rings (SSSR count). The number of benzene rings is 1. The first-order chi connectivity index (χ1) is 10.2. The third-order valence-corrected chi connectivity index (χ3v) is 3.05. The topological polar surface area (TPSA) is 65.8 Å². The molecular weight excluding hydrogens is 272 g/mol. The summed E-state index contributed by atoms with van der Waals surface area (Å²) in [5.74, 6) is 2.94. The van der Waals surface area contributed by atoms with E-state index >= 15 is 0 Å². The molecular formula is C15H20N2O4. The summed E-state index contributed by atoms with van der Waals surface area (Å²) in [7, 11) is 4.73. The van der Waals surface area contributed by atoms with E-state index in [0.717, 1.165) is 12.1 Å². The Kier molecular flexibility index (Phi) is 5.05. The second-order valence-electron chi connectivity index (χ2n) is 4.28. The largest absolute Gasteiger partial charge is 0.493 e. The summed E-state index contributed by atoms with van der Waals surface area (Å²) in [6, 6.07) is 3.67. The minimum Gasteiger partial charge on any atom is -0.493 e. The first-order valence-electron chi connectivity index (χ1n) is 6.69. The van der Waals surface area contributed by atoms with Crippen LogP contribution in [0, 0.1) is 0 Å². The summed E-state index contributed by atoms with van der Waals surface area (Å²) in [4.78, 5) is 4.25. The highest BCUT2D eigenvalue weighted by Gasteiger charge is 2.19. The summed E-state index contributed by atoms with van der Waals surface area (Å²) < 4.78 is 21.8. The van der Waals surface area contributed by atoms with Gasteiger partial charge in [0.1, 0.15) is 0 Å². The highest BCUT2D eigenvalue weighted by Crippen LogP contribution is 2.44. The molecule has 0 radical (unpaired) electrons. The van der Waals surface area contributed by atoms with Gasteiger partial charge in [0.2, 0.25) is 11.6 Å². The molecule has 0 amide bonds. The average molecular weight is 292 g/mol. The van der Waals surface area contributed by atoms with E-state index in [-0.39, 0.29) is 0 Å². The molecule has 0 atom stereocenters. The number of hydrogen-bond acceptors (Lipinski definition) is 6. The SMILES string of the molecule is CCNCc1ncc(-c2ccc(OC)c(OC)c2OC)o1. The Morgan fingerprint density at radius 1 is 1.10 bits per heavy atom. The van der Waals surface area contributed by atoms with E-state index in [1.54, 1.807) is 27.5 Å². The summed E-state index contributed by atoms with van der Waals surface area (Å²) in [6.07, 6.45) is 1.68. The third-order valence-electron chi connectivity index (χ3n) is 3.05. The van der Waals surface area contributed by atoms with Crippen molar-refractivity contribution in [1.29, 1.82) is 0 Å². The molecule has 2 aromatic rings. The second kappa shape index (κ2) is 6.99. The molecule has 1 heterocycles. The van der Waals surface area contributed by atoms with Crippen molar-refractivity contribution in [2.75, 3.05) is 27.9 Å². The summed E-state index contributed by atoms with van der Waals surface area (Å²) in [6.45, 7) is 3.48. The number of nitrogens with zero attached hydrogens (tertiary/aromatic N) is 1. The van der Waals surface area contributed by atoms with Crippen molar-refractivity contribution in [2.45, 2.75) is 13.5 Å². The van der Waals surface area contributed by atoms with E-state index in [2.05, 4.69) is 10.3 Å². The van der Waals surface area contributed by atoms with Crippen LogP contribution >= 0.6 is 0 Å². The first-order valence-corrected chi connectivity index (χ1v) is 6.69. The summed E-state index contributed by atoms with van der Waals surface area (Å²) >= 11 is 0. The maximum atomic E-state index is 5.74. The molecule has 0 saturated carbocycles. The lowest BCUT2D eigenvalue weighted by atomic mass is 10.1. The van der Waals surface area contributed by atoms with Gasteiger partial charge in [-0.3, -0.25) is 0 Å². The van der Waals surface area contributed by atoms with Gasteiger partial charge in [-0.1, -0.05) is 6.92 Å². The third kappa shape index (κ3) is 3.11. The van der Waals surface area contributed by atoms with Gasteiger partial charge < -0.3 is 23.9 Å². The molecule has 0 saturated heterocycles. The molecule has 114 valence electrons. The summed E-state index contributed by atoms with van der Waals surface area (Å²) in [5, 5.41) is 3.17. The molecule has 1 N–H and O–H groups in total. The number of ether oxygens (including phenoxy) is 3. The molecule has 0 spiro atoms. The van der Waals surface area contributed by atoms with E-state index in [0.29, 0.717) is 35.4 Å². The predicted octanol–water partition coefficient (Wildman–Crippen LogP) is 2.48. The van der Waals surface area contributed by atoms with Crippen LogP contribution in [0.15, 0.2) is 22.7 Å². The van der Waals surface area contributed by atoms with Crippen LogP contribution in [0.4, 0.5) is 0 Å². The Bertz CT molecular complexity index is 595. The Labute approximate surface area is 124 Å². The minimum atomic E-state index is 0.530. The number of aromatic nitrogens is 1. The molecule has 0 unspecified atom stereocenters. The maximum absolute atomic E-state index is 5.74. The molecule has 21 heavy (non-hydrogen) atoms. The first kappa shape index (κ1) is 15.2. The van der Waals surface area contributed by atoms with Gasteiger partial charge in [0.25, 0.3) is 0 Å². The smallest absolute Gasteiger partial charge is 0.208 e. The fourth-order valence-corrected chi connectivity index (χ4v) is 2.04. The van der Waals surface area contributed by atoms with Gasteiger partial charge >= 0.3 is 0 Å². The van der Waals surface area contributed by atoms with Gasteiger partial charge in [-0.2, -0.15) is 0 Å². The molecule has 0 bridgehead atoms. The average Bonchev–Trinajstić information content (AvgIpc) is 2.99. The van der Waals surface area contributed by atoms with Crippen molar-refractivity contribution in [3.8, 4) is 28.6 Å². The van der Waals surface area contributed by atoms with Crippen molar-refractivity contribution in [3.63, 3.8) is 0 Å². The molecule has 6 heteroatoms. The maximum Gasteiger partial charge on any atom is 0.208 e. The second-order valence-corrected chi connectivity index (χ2v) is 4.28. The minimum absolute atomic E-state index is 0.530. The van der Waals surface area contributed by atoms with Crippen LogP contribution < -0.4 is 19.5 Å². The lowest BCUT2D eigenvalue weighted by Crippen LogP contribution is -2.11. The van der Waals surface area contributed by atoms with Gasteiger partial charge in [-0.05, 0) is 18.7 Å². The zero-order chi connectivity index (χ0) is 15.2. The molecule has 1 aromatic carbocycles. The van der Waals surface area contributed by atoms with Crippen LogP contribution in [0.5, 0.6) is 17.2 Å². The molecule has 0 aliphatic heterocycles. The molecule has 1 aromatic heterocycles. The lowest BCUT2D eigenvalue weighted by Gasteiger charge is -2.14. The zero-order valence-corrected chi connectivity index (χ0v) is 12.7. The Hall–Kier alpha value is -2.21. The Balaban J connectivity index is 2.41. The van der Waals surface area contributed by atoms with Crippen LogP contribution in [0.25, 0.3) is 11.3 Å². The fraction of sp³-hybridized carbons (Fsp3) is 0.400. The van der Waals surface area contributed by atoms with Gasteiger partial charge in [-0.25, -0.2) is 4.98 Å². The molecule has 6 nitrogen and oxygen atoms in total. The fourth-order valence-electron chi connectivity index (χ4n) is 2.04.